The van der Waals surface area contributed by atoms with Gasteiger partial charge in [-0.3, -0.25) is 0 Å². The third kappa shape index (κ3) is 5.16. The Bertz CT molecular complexity index is 952. The molecule has 6 nitrogen and oxygen atoms in total. The van der Waals surface area contributed by atoms with Crippen molar-refractivity contribution in [3.05, 3.63) is 59.9 Å². The van der Waals surface area contributed by atoms with Crippen LogP contribution in [-0.2, 0) is 0 Å². The van der Waals surface area contributed by atoms with E-state index in [4.69, 9.17) is 4.74 Å². The standard InChI is InChI=1S/C23H29N5O/c1-6-28(7-2)19-11-9-18(10-12-19)26-22-15-23(25-17(4)24-22)27-20-14-16(3)8-13-21(20)29-5/h8-15H,6-7H2,1-5H3,(H2,24,25,26,27). The average Bonchev–Trinajstić information content (AvgIpc) is 2.70. The highest BCUT2D eigenvalue weighted by Gasteiger charge is 2.08. The van der Waals surface area contributed by atoms with E-state index >= 15 is 0 Å². The summed E-state index contributed by atoms with van der Waals surface area (Å²) in [6.07, 6.45) is 0. The first-order valence-corrected chi connectivity index (χ1v) is 9.91. The lowest BCUT2D eigenvalue weighted by Crippen LogP contribution is -2.21. The molecule has 0 radical (unpaired) electrons. The fourth-order valence-electron chi connectivity index (χ4n) is 3.25. The van der Waals surface area contributed by atoms with Gasteiger partial charge in [-0.15, -0.1) is 0 Å². The number of aromatic nitrogens is 2. The van der Waals surface area contributed by atoms with Gasteiger partial charge in [0.1, 0.15) is 23.2 Å². The molecule has 0 aliphatic carbocycles. The fourth-order valence-corrected chi connectivity index (χ4v) is 3.25. The van der Waals surface area contributed by atoms with E-state index in [-0.39, 0.29) is 0 Å². The van der Waals surface area contributed by atoms with Crippen LogP contribution in [0, 0.1) is 13.8 Å². The minimum absolute atomic E-state index is 0.684. The van der Waals surface area contributed by atoms with Crippen LogP contribution in [0.15, 0.2) is 48.5 Å². The lowest BCUT2D eigenvalue weighted by molar-refractivity contribution is 0.416. The highest BCUT2D eigenvalue weighted by atomic mass is 16.5. The Morgan fingerprint density at radius 3 is 2.14 bits per heavy atom. The molecular weight excluding hydrogens is 362 g/mol. The Balaban J connectivity index is 1.80. The van der Waals surface area contributed by atoms with Crippen LogP contribution in [0.2, 0.25) is 0 Å². The molecule has 0 aliphatic rings. The normalized spacial score (nSPS) is 10.5. The van der Waals surface area contributed by atoms with Crippen LogP contribution >= 0.6 is 0 Å². The maximum Gasteiger partial charge on any atom is 0.142 e. The Morgan fingerprint density at radius 2 is 1.52 bits per heavy atom. The van der Waals surface area contributed by atoms with Crippen molar-refractivity contribution >= 4 is 28.7 Å². The van der Waals surface area contributed by atoms with Crippen molar-refractivity contribution in [1.29, 1.82) is 0 Å². The topological polar surface area (TPSA) is 62.3 Å². The lowest BCUT2D eigenvalue weighted by atomic mass is 10.2. The maximum atomic E-state index is 5.45. The van der Waals surface area contributed by atoms with Gasteiger partial charge in [0, 0.05) is 30.5 Å². The summed E-state index contributed by atoms with van der Waals surface area (Å²) in [6, 6.07) is 16.3. The zero-order valence-corrected chi connectivity index (χ0v) is 17.8. The molecular formula is C23H29N5O. The van der Waals surface area contributed by atoms with E-state index in [1.807, 2.05) is 38.1 Å². The molecule has 152 valence electrons. The van der Waals surface area contributed by atoms with Crippen molar-refractivity contribution in [3.63, 3.8) is 0 Å². The quantitative estimate of drug-likeness (QED) is 0.533. The molecule has 1 heterocycles. The third-order valence-corrected chi connectivity index (χ3v) is 4.72. The van der Waals surface area contributed by atoms with Crippen LogP contribution in [0.3, 0.4) is 0 Å². The number of benzene rings is 2. The molecule has 29 heavy (non-hydrogen) atoms. The molecule has 6 heteroatoms. The fraction of sp³-hybridized carbons (Fsp3) is 0.304. The summed E-state index contributed by atoms with van der Waals surface area (Å²) in [5, 5.41) is 6.72. The summed E-state index contributed by atoms with van der Waals surface area (Å²) in [5.41, 5.74) is 4.22. The lowest BCUT2D eigenvalue weighted by Gasteiger charge is -2.21. The second kappa shape index (κ2) is 9.28. The van der Waals surface area contributed by atoms with E-state index < -0.39 is 0 Å². The van der Waals surface area contributed by atoms with Crippen LogP contribution in [0.4, 0.5) is 28.7 Å². The van der Waals surface area contributed by atoms with Crippen molar-refractivity contribution in [1.82, 2.24) is 9.97 Å². The number of methoxy groups -OCH3 is 1. The number of hydrogen-bond donors (Lipinski definition) is 2. The van der Waals surface area contributed by atoms with Gasteiger partial charge in [0.05, 0.1) is 12.8 Å². The minimum atomic E-state index is 0.684. The number of aryl methyl sites for hydroxylation is 2. The Labute approximate surface area is 173 Å². The van der Waals surface area contributed by atoms with E-state index in [1.165, 1.54) is 5.69 Å². The van der Waals surface area contributed by atoms with Crippen LogP contribution < -0.4 is 20.3 Å². The Kier molecular flexibility index (Phi) is 6.54. The Morgan fingerprint density at radius 1 is 0.862 bits per heavy atom. The molecule has 0 atom stereocenters. The van der Waals surface area contributed by atoms with Gasteiger partial charge >= 0.3 is 0 Å². The van der Waals surface area contributed by atoms with Crippen LogP contribution in [0.5, 0.6) is 5.75 Å². The first-order chi connectivity index (χ1) is 14.0. The molecule has 2 aromatic carbocycles. The van der Waals surface area contributed by atoms with Gasteiger partial charge in [0.15, 0.2) is 0 Å². The van der Waals surface area contributed by atoms with Crippen molar-refractivity contribution in [2.75, 3.05) is 35.7 Å². The second-order valence-electron chi connectivity index (χ2n) is 6.86. The summed E-state index contributed by atoms with van der Waals surface area (Å²) in [4.78, 5) is 11.3. The molecule has 0 fully saturated rings. The van der Waals surface area contributed by atoms with Gasteiger partial charge in [-0.25, -0.2) is 9.97 Å². The molecule has 0 aliphatic heterocycles. The van der Waals surface area contributed by atoms with Gasteiger partial charge in [0.2, 0.25) is 0 Å². The highest BCUT2D eigenvalue weighted by molar-refractivity contribution is 5.68. The monoisotopic (exact) mass is 391 g/mol. The summed E-state index contributed by atoms with van der Waals surface area (Å²) >= 11 is 0. The zero-order valence-electron chi connectivity index (χ0n) is 17.8. The van der Waals surface area contributed by atoms with Crippen molar-refractivity contribution in [2.24, 2.45) is 0 Å². The van der Waals surface area contributed by atoms with Gasteiger partial charge in [-0.1, -0.05) is 6.07 Å². The molecule has 2 N–H and O–H groups in total. The molecule has 3 aromatic rings. The summed E-state index contributed by atoms with van der Waals surface area (Å²) in [7, 11) is 1.66. The second-order valence-corrected chi connectivity index (χ2v) is 6.86. The first kappa shape index (κ1) is 20.5. The molecule has 0 amide bonds. The largest absolute Gasteiger partial charge is 0.495 e. The number of anilines is 5. The molecule has 0 saturated heterocycles. The van der Waals surface area contributed by atoms with E-state index in [2.05, 4.69) is 63.6 Å². The first-order valence-electron chi connectivity index (χ1n) is 9.91. The number of rotatable bonds is 8. The van der Waals surface area contributed by atoms with Crippen molar-refractivity contribution in [3.8, 4) is 5.75 Å². The third-order valence-electron chi connectivity index (χ3n) is 4.72. The summed E-state index contributed by atoms with van der Waals surface area (Å²) in [5.74, 6) is 2.91. The van der Waals surface area contributed by atoms with Crippen LogP contribution in [-0.4, -0.2) is 30.2 Å². The van der Waals surface area contributed by atoms with Gasteiger partial charge < -0.3 is 20.3 Å². The maximum absolute atomic E-state index is 5.45. The summed E-state index contributed by atoms with van der Waals surface area (Å²) < 4.78 is 5.45. The summed E-state index contributed by atoms with van der Waals surface area (Å²) in [6.45, 7) is 10.2. The highest BCUT2D eigenvalue weighted by Crippen LogP contribution is 2.29. The molecule has 0 bridgehead atoms. The van der Waals surface area contributed by atoms with E-state index in [0.29, 0.717) is 11.6 Å². The molecule has 1 aromatic heterocycles. The molecule has 3 rings (SSSR count). The van der Waals surface area contributed by atoms with Gasteiger partial charge in [-0.2, -0.15) is 0 Å². The van der Waals surface area contributed by atoms with Gasteiger partial charge in [0.25, 0.3) is 0 Å². The predicted octanol–water partition coefficient (Wildman–Crippen LogP) is 5.44. The zero-order chi connectivity index (χ0) is 20.8. The van der Waals surface area contributed by atoms with E-state index in [0.717, 1.165) is 41.6 Å². The minimum Gasteiger partial charge on any atom is -0.495 e. The predicted molar refractivity (Wildman–Crippen MR) is 121 cm³/mol. The van der Waals surface area contributed by atoms with Crippen molar-refractivity contribution in [2.45, 2.75) is 27.7 Å². The Hall–Kier alpha value is -3.28. The number of ether oxygens (including phenoxy) is 1. The van der Waals surface area contributed by atoms with Crippen LogP contribution in [0.25, 0.3) is 0 Å². The number of nitrogens with zero attached hydrogens (tertiary/aromatic N) is 3. The number of hydrogen-bond acceptors (Lipinski definition) is 6. The van der Waals surface area contributed by atoms with Crippen LogP contribution in [0.1, 0.15) is 25.2 Å². The number of nitrogens with one attached hydrogen (secondary N) is 2. The average molecular weight is 392 g/mol. The van der Waals surface area contributed by atoms with E-state index in [9.17, 15) is 0 Å². The molecule has 0 spiro atoms. The molecule has 0 saturated carbocycles. The van der Waals surface area contributed by atoms with Crippen molar-refractivity contribution < 1.29 is 4.74 Å². The van der Waals surface area contributed by atoms with Gasteiger partial charge in [-0.05, 0) is 69.7 Å². The van der Waals surface area contributed by atoms with E-state index in [1.54, 1.807) is 7.11 Å². The SMILES string of the molecule is CCN(CC)c1ccc(Nc2cc(Nc3cc(C)ccc3OC)nc(C)n2)cc1. The smallest absolute Gasteiger partial charge is 0.142 e. The molecule has 0 unspecified atom stereocenters.